The third kappa shape index (κ3) is 2.70. The molecule has 5 nitrogen and oxygen atoms in total. The summed E-state index contributed by atoms with van der Waals surface area (Å²) >= 11 is 0. The van der Waals surface area contributed by atoms with Gasteiger partial charge in [-0.25, -0.2) is 4.99 Å². The Kier molecular flexibility index (Phi) is 3.11. The number of aliphatic imine (C=N–C) groups is 1. The summed E-state index contributed by atoms with van der Waals surface area (Å²) in [6.45, 7) is 0.851. The van der Waals surface area contributed by atoms with E-state index in [0.717, 1.165) is 31.5 Å². The van der Waals surface area contributed by atoms with E-state index in [-0.39, 0.29) is 12.5 Å². The first-order chi connectivity index (χ1) is 9.24. The summed E-state index contributed by atoms with van der Waals surface area (Å²) in [7, 11) is 0. The molecule has 0 saturated heterocycles. The molecule has 1 aliphatic carbocycles. The number of para-hydroxylation sites is 1. The van der Waals surface area contributed by atoms with Gasteiger partial charge in [0.25, 0.3) is 0 Å². The predicted molar refractivity (Wildman–Crippen MR) is 75.1 cm³/mol. The van der Waals surface area contributed by atoms with E-state index in [4.69, 9.17) is 5.73 Å². The summed E-state index contributed by atoms with van der Waals surface area (Å²) in [5.74, 6) is 0.383. The zero-order valence-corrected chi connectivity index (χ0v) is 10.8. The van der Waals surface area contributed by atoms with Crippen LogP contribution in [0.1, 0.15) is 18.4 Å². The Hall–Kier alpha value is -2.04. The van der Waals surface area contributed by atoms with Crippen molar-refractivity contribution in [3.8, 4) is 0 Å². The minimum absolute atomic E-state index is 0.00509. The number of carbonyl (C=O) groups excluding carboxylic acids is 1. The van der Waals surface area contributed by atoms with Gasteiger partial charge in [0.15, 0.2) is 5.96 Å². The Morgan fingerprint density at radius 3 is 3.00 bits per heavy atom. The molecule has 0 aromatic heterocycles. The number of anilines is 1. The van der Waals surface area contributed by atoms with Gasteiger partial charge in [-0.1, -0.05) is 18.2 Å². The quantitative estimate of drug-likeness (QED) is 0.617. The van der Waals surface area contributed by atoms with Gasteiger partial charge in [0.2, 0.25) is 5.91 Å². The fraction of sp³-hybridized carbons (Fsp3) is 0.429. The smallest absolute Gasteiger partial charge is 0.248 e. The number of nitrogens with two attached hydrogens (primary N) is 1. The molecule has 0 bridgehead atoms. The monoisotopic (exact) mass is 258 g/mol. The van der Waals surface area contributed by atoms with E-state index in [1.54, 1.807) is 4.90 Å². The lowest BCUT2D eigenvalue weighted by atomic mass is 10.2. The first-order valence-corrected chi connectivity index (χ1v) is 6.69. The number of guanidine groups is 1. The summed E-state index contributed by atoms with van der Waals surface area (Å²) < 4.78 is 0. The van der Waals surface area contributed by atoms with Crippen LogP contribution in [0.15, 0.2) is 29.3 Å². The van der Waals surface area contributed by atoms with Gasteiger partial charge in [-0.2, -0.15) is 0 Å². The van der Waals surface area contributed by atoms with Crippen molar-refractivity contribution in [1.29, 1.82) is 0 Å². The van der Waals surface area contributed by atoms with E-state index in [2.05, 4.69) is 16.4 Å². The summed E-state index contributed by atoms with van der Waals surface area (Å²) in [5.41, 5.74) is 7.96. The van der Waals surface area contributed by atoms with Crippen LogP contribution in [0, 0.1) is 0 Å². The molecule has 1 fully saturated rings. The van der Waals surface area contributed by atoms with Crippen LogP contribution in [0.2, 0.25) is 0 Å². The van der Waals surface area contributed by atoms with Gasteiger partial charge >= 0.3 is 0 Å². The van der Waals surface area contributed by atoms with E-state index in [9.17, 15) is 4.79 Å². The van der Waals surface area contributed by atoms with Crippen LogP contribution in [0.25, 0.3) is 0 Å². The van der Waals surface area contributed by atoms with Crippen molar-refractivity contribution in [2.24, 2.45) is 10.7 Å². The molecule has 100 valence electrons. The maximum Gasteiger partial charge on any atom is 0.248 e. The highest BCUT2D eigenvalue weighted by molar-refractivity contribution is 5.97. The molecular weight excluding hydrogens is 240 g/mol. The minimum Gasteiger partial charge on any atom is -0.370 e. The molecule has 1 aliphatic heterocycles. The molecule has 0 radical (unpaired) electrons. The number of amides is 1. The van der Waals surface area contributed by atoms with Crippen molar-refractivity contribution >= 4 is 17.6 Å². The summed E-state index contributed by atoms with van der Waals surface area (Å²) in [4.78, 5) is 18.1. The molecule has 1 amide bonds. The molecule has 1 aromatic carbocycles. The molecule has 0 spiro atoms. The van der Waals surface area contributed by atoms with Crippen LogP contribution in [0.3, 0.4) is 0 Å². The van der Waals surface area contributed by atoms with E-state index < -0.39 is 0 Å². The topological polar surface area (TPSA) is 70.7 Å². The minimum atomic E-state index is 0.00509. The Bertz CT molecular complexity index is 522. The zero-order valence-electron chi connectivity index (χ0n) is 10.8. The molecule has 1 saturated carbocycles. The van der Waals surface area contributed by atoms with E-state index >= 15 is 0 Å². The van der Waals surface area contributed by atoms with E-state index in [1.165, 1.54) is 5.56 Å². The molecule has 3 rings (SSSR count). The lowest BCUT2D eigenvalue weighted by molar-refractivity contribution is -0.117. The van der Waals surface area contributed by atoms with E-state index in [0.29, 0.717) is 12.0 Å². The second-order valence-electron chi connectivity index (χ2n) is 5.04. The second kappa shape index (κ2) is 4.91. The van der Waals surface area contributed by atoms with Crippen LogP contribution in [0.5, 0.6) is 0 Å². The average Bonchev–Trinajstić information content (AvgIpc) is 3.12. The molecule has 1 aromatic rings. The molecule has 0 atom stereocenters. The molecule has 3 N–H and O–H groups in total. The maximum atomic E-state index is 12.1. The lowest BCUT2D eigenvalue weighted by Gasteiger charge is -2.16. The highest BCUT2D eigenvalue weighted by atomic mass is 16.2. The van der Waals surface area contributed by atoms with Gasteiger partial charge in [0.05, 0.1) is 0 Å². The van der Waals surface area contributed by atoms with Crippen LogP contribution in [-0.2, 0) is 11.2 Å². The molecular formula is C14H18N4O. The molecule has 5 heteroatoms. The van der Waals surface area contributed by atoms with Gasteiger partial charge < -0.3 is 16.0 Å². The first kappa shape index (κ1) is 12.0. The van der Waals surface area contributed by atoms with Crippen LogP contribution >= 0.6 is 0 Å². The standard InChI is InChI=1S/C14H18N4O/c15-14(17-11-5-6-11)16-9-13(19)18-8-7-10-3-1-2-4-12(10)18/h1-4,11H,5-9H2,(H3,15,16,17). The van der Waals surface area contributed by atoms with Crippen molar-refractivity contribution in [3.63, 3.8) is 0 Å². The number of rotatable bonds is 3. The van der Waals surface area contributed by atoms with Gasteiger partial charge in [0, 0.05) is 18.3 Å². The Labute approximate surface area is 112 Å². The SMILES string of the molecule is NC(=NCC(=O)N1CCc2ccccc21)NC1CC1. The molecule has 0 unspecified atom stereocenters. The van der Waals surface area contributed by atoms with Gasteiger partial charge in [-0.05, 0) is 30.9 Å². The van der Waals surface area contributed by atoms with E-state index in [1.807, 2.05) is 18.2 Å². The van der Waals surface area contributed by atoms with Gasteiger partial charge in [-0.3, -0.25) is 4.79 Å². The number of benzene rings is 1. The Morgan fingerprint density at radius 2 is 2.21 bits per heavy atom. The fourth-order valence-corrected chi connectivity index (χ4v) is 2.32. The molecule has 2 aliphatic rings. The van der Waals surface area contributed by atoms with Crippen molar-refractivity contribution < 1.29 is 4.79 Å². The Balaban J connectivity index is 1.62. The van der Waals surface area contributed by atoms with Crippen molar-refractivity contribution in [2.75, 3.05) is 18.0 Å². The van der Waals surface area contributed by atoms with Crippen LogP contribution < -0.4 is 16.0 Å². The maximum absolute atomic E-state index is 12.1. The number of nitrogens with zero attached hydrogens (tertiary/aromatic N) is 2. The second-order valence-corrected chi connectivity index (χ2v) is 5.04. The van der Waals surface area contributed by atoms with Gasteiger partial charge in [-0.15, -0.1) is 0 Å². The lowest BCUT2D eigenvalue weighted by Crippen LogP contribution is -2.36. The zero-order chi connectivity index (χ0) is 13.2. The Morgan fingerprint density at radius 1 is 1.42 bits per heavy atom. The average molecular weight is 258 g/mol. The third-order valence-electron chi connectivity index (χ3n) is 3.50. The predicted octanol–water partition coefficient (Wildman–Crippen LogP) is 0.642. The van der Waals surface area contributed by atoms with Gasteiger partial charge in [0.1, 0.15) is 6.54 Å². The summed E-state index contributed by atoms with van der Waals surface area (Å²) in [5, 5.41) is 3.08. The van der Waals surface area contributed by atoms with Crippen molar-refractivity contribution in [3.05, 3.63) is 29.8 Å². The van der Waals surface area contributed by atoms with Crippen molar-refractivity contribution in [2.45, 2.75) is 25.3 Å². The third-order valence-corrected chi connectivity index (χ3v) is 3.50. The number of nitrogens with one attached hydrogen (secondary N) is 1. The van der Waals surface area contributed by atoms with Crippen LogP contribution in [-0.4, -0.2) is 31.0 Å². The molecule has 19 heavy (non-hydrogen) atoms. The normalized spacial score (nSPS) is 18.3. The number of carbonyl (C=O) groups is 1. The highest BCUT2D eigenvalue weighted by Crippen LogP contribution is 2.27. The van der Waals surface area contributed by atoms with Crippen molar-refractivity contribution in [1.82, 2.24) is 5.32 Å². The number of fused-ring (bicyclic) bond motifs is 1. The molecule has 1 heterocycles. The first-order valence-electron chi connectivity index (χ1n) is 6.69. The number of hydrogen-bond acceptors (Lipinski definition) is 2. The summed E-state index contributed by atoms with van der Waals surface area (Å²) in [6.07, 6.45) is 3.20. The largest absolute Gasteiger partial charge is 0.370 e. The number of hydrogen-bond donors (Lipinski definition) is 2. The summed E-state index contributed by atoms with van der Waals surface area (Å²) in [6, 6.07) is 8.47. The fourth-order valence-electron chi connectivity index (χ4n) is 2.32. The highest BCUT2D eigenvalue weighted by Gasteiger charge is 2.24. The van der Waals surface area contributed by atoms with Crippen LogP contribution in [0.4, 0.5) is 5.69 Å².